The third kappa shape index (κ3) is 3.81. The molecular weight excluding hydrogens is 260 g/mol. The molecule has 0 aliphatic rings. The summed E-state index contributed by atoms with van der Waals surface area (Å²) >= 11 is 0. The molecule has 0 spiro atoms. The van der Waals surface area contributed by atoms with Gasteiger partial charge in [0.25, 0.3) is 11.6 Å². The van der Waals surface area contributed by atoms with Crippen LogP contribution in [-0.4, -0.2) is 17.4 Å². The number of hydrogen-bond acceptors (Lipinski definition) is 4. The lowest BCUT2D eigenvalue weighted by atomic mass is 10.3. The van der Waals surface area contributed by atoms with Crippen LogP contribution in [0, 0.1) is 10.1 Å². The van der Waals surface area contributed by atoms with Crippen molar-refractivity contribution in [1.82, 2.24) is 0 Å². The molecule has 6 heteroatoms. The Morgan fingerprint density at radius 3 is 2.60 bits per heavy atom. The Labute approximate surface area is 115 Å². The van der Waals surface area contributed by atoms with Crippen LogP contribution in [0.2, 0.25) is 0 Å². The molecule has 102 valence electrons. The molecule has 0 bridgehead atoms. The topological polar surface area (TPSA) is 81.5 Å². The molecule has 0 heterocycles. The molecule has 2 rings (SSSR count). The van der Waals surface area contributed by atoms with E-state index in [1.54, 1.807) is 30.3 Å². The highest BCUT2D eigenvalue weighted by Crippen LogP contribution is 2.17. The largest absolute Gasteiger partial charge is 0.484 e. The number of nitro benzene ring substituents is 1. The number of amides is 1. The summed E-state index contributed by atoms with van der Waals surface area (Å²) in [5, 5.41) is 13.2. The van der Waals surface area contributed by atoms with Crippen molar-refractivity contribution in [1.29, 1.82) is 0 Å². The zero-order valence-corrected chi connectivity index (χ0v) is 10.5. The molecular formula is C14H12N2O4. The molecule has 0 aliphatic heterocycles. The quantitative estimate of drug-likeness (QED) is 0.670. The number of non-ortho nitro benzene ring substituents is 1. The predicted molar refractivity (Wildman–Crippen MR) is 73.7 cm³/mol. The molecule has 0 atom stereocenters. The fourth-order valence-corrected chi connectivity index (χ4v) is 1.56. The minimum absolute atomic E-state index is 0.0771. The lowest BCUT2D eigenvalue weighted by Crippen LogP contribution is -2.20. The highest BCUT2D eigenvalue weighted by Gasteiger charge is 2.08. The minimum atomic E-state index is -0.518. The second-order valence-corrected chi connectivity index (χ2v) is 3.96. The van der Waals surface area contributed by atoms with Crippen LogP contribution in [0.1, 0.15) is 0 Å². The van der Waals surface area contributed by atoms with Crippen molar-refractivity contribution in [3.63, 3.8) is 0 Å². The fourth-order valence-electron chi connectivity index (χ4n) is 1.56. The number of carbonyl (C=O) groups excluding carboxylic acids is 1. The van der Waals surface area contributed by atoms with Gasteiger partial charge in [-0.05, 0) is 18.2 Å². The van der Waals surface area contributed by atoms with Crippen LogP contribution >= 0.6 is 0 Å². The highest BCUT2D eigenvalue weighted by atomic mass is 16.6. The number of anilines is 1. The van der Waals surface area contributed by atoms with Gasteiger partial charge in [-0.2, -0.15) is 0 Å². The van der Waals surface area contributed by atoms with E-state index in [1.807, 2.05) is 6.07 Å². The minimum Gasteiger partial charge on any atom is -0.484 e. The lowest BCUT2D eigenvalue weighted by molar-refractivity contribution is -0.384. The molecule has 0 fully saturated rings. The Hall–Kier alpha value is -2.89. The number of nitro groups is 1. The molecule has 0 saturated carbocycles. The fraction of sp³-hybridized carbons (Fsp3) is 0.0714. The van der Waals surface area contributed by atoms with E-state index in [-0.39, 0.29) is 18.2 Å². The monoisotopic (exact) mass is 272 g/mol. The predicted octanol–water partition coefficient (Wildman–Crippen LogP) is 2.61. The third-order valence-corrected chi connectivity index (χ3v) is 2.45. The van der Waals surface area contributed by atoms with Crippen molar-refractivity contribution in [2.45, 2.75) is 0 Å². The summed E-state index contributed by atoms with van der Waals surface area (Å²) in [4.78, 5) is 21.8. The molecule has 20 heavy (non-hydrogen) atoms. The van der Waals surface area contributed by atoms with Gasteiger partial charge in [-0.25, -0.2) is 0 Å². The van der Waals surface area contributed by atoms with Crippen LogP contribution in [-0.2, 0) is 4.79 Å². The normalized spacial score (nSPS) is 9.80. The summed E-state index contributed by atoms with van der Waals surface area (Å²) in [6.45, 7) is -0.160. The summed E-state index contributed by atoms with van der Waals surface area (Å²) < 4.78 is 5.27. The summed E-state index contributed by atoms with van der Waals surface area (Å²) in [5.41, 5.74) is 0.285. The maximum Gasteiger partial charge on any atom is 0.271 e. The van der Waals surface area contributed by atoms with E-state index in [0.29, 0.717) is 11.4 Å². The maximum atomic E-state index is 11.7. The van der Waals surface area contributed by atoms with Crippen molar-refractivity contribution < 1.29 is 14.5 Å². The number of hydrogen-bond donors (Lipinski definition) is 1. The van der Waals surface area contributed by atoms with Crippen LogP contribution in [0.25, 0.3) is 0 Å². The first kappa shape index (κ1) is 13.5. The Kier molecular flexibility index (Phi) is 4.28. The van der Waals surface area contributed by atoms with Gasteiger partial charge in [-0.3, -0.25) is 14.9 Å². The average molecular weight is 272 g/mol. The Morgan fingerprint density at radius 2 is 1.90 bits per heavy atom. The number of nitrogens with zero attached hydrogens (tertiary/aromatic N) is 1. The van der Waals surface area contributed by atoms with Crippen LogP contribution < -0.4 is 10.1 Å². The van der Waals surface area contributed by atoms with Gasteiger partial charge in [0.1, 0.15) is 5.75 Å². The van der Waals surface area contributed by atoms with E-state index in [1.165, 1.54) is 18.2 Å². The average Bonchev–Trinajstić information content (AvgIpc) is 2.46. The van der Waals surface area contributed by atoms with E-state index < -0.39 is 4.92 Å². The van der Waals surface area contributed by atoms with Crippen molar-refractivity contribution in [3.8, 4) is 5.75 Å². The Morgan fingerprint density at radius 1 is 1.15 bits per heavy atom. The van der Waals surface area contributed by atoms with Gasteiger partial charge in [-0.15, -0.1) is 0 Å². The van der Waals surface area contributed by atoms with Gasteiger partial charge < -0.3 is 10.1 Å². The summed E-state index contributed by atoms with van der Waals surface area (Å²) in [7, 11) is 0. The van der Waals surface area contributed by atoms with Crippen molar-refractivity contribution in [3.05, 3.63) is 64.7 Å². The first-order valence-corrected chi connectivity index (χ1v) is 5.87. The van der Waals surface area contributed by atoms with Crippen LogP contribution in [0.5, 0.6) is 5.75 Å². The molecule has 2 aromatic rings. The maximum absolute atomic E-state index is 11.7. The van der Waals surface area contributed by atoms with Crippen LogP contribution in [0.15, 0.2) is 54.6 Å². The van der Waals surface area contributed by atoms with Crippen LogP contribution in [0.3, 0.4) is 0 Å². The number of nitrogens with one attached hydrogen (secondary N) is 1. The Bertz CT molecular complexity index is 614. The lowest BCUT2D eigenvalue weighted by Gasteiger charge is -2.07. The van der Waals surface area contributed by atoms with E-state index >= 15 is 0 Å². The molecule has 0 aromatic heterocycles. The SMILES string of the molecule is O=C(COc1ccccc1)Nc1cccc([N+](=O)[O-])c1. The van der Waals surface area contributed by atoms with Crippen molar-refractivity contribution >= 4 is 17.3 Å². The first-order chi connectivity index (χ1) is 9.65. The smallest absolute Gasteiger partial charge is 0.271 e. The zero-order valence-electron chi connectivity index (χ0n) is 10.5. The van der Waals surface area contributed by atoms with E-state index in [2.05, 4.69) is 5.32 Å². The molecule has 1 amide bonds. The second-order valence-electron chi connectivity index (χ2n) is 3.96. The van der Waals surface area contributed by atoms with Gasteiger partial charge in [-0.1, -0.05) is 24.3 Å². The molecule has 6 nitrogen and oxygen atoms in total. The molecule has 0 aliphatic carbocycles. The molecule has 0 radical (unpaired) electrons. The van der Waals surface area contributed by atoms with Gasteiger partial charge in [0, 0.05) is 17.8 Å². The van der Waals surface area contributed by atoms with Crippen LogP contribution in [0.4, 0.5) is 11.4 Å². The summed E-state index contributed by atoms with van der Waals surface area (Å²) in [5.74, 6) is 0.205. The number of ether oxygens (including phenoxy) is 1. The Balaban J connectivity index is 1.91. The highest BCUT2D eigenvalue weighted by molar-refractivity contribution is 5.92. The van der Waals surface area contributed by atoms with E-state index in [4.69, 9.17) is 4.74 Å². The molecule has 2 aromatic carbocycles. The molecule has 1 N–H and O–H groups in total. The van der Waals surface area contributed by atoms with E-state index in [0.717, 1.165) is 0 Å². The summed E-state index contributed by atoms with van der Waals surface area (Å²) in [6, 6.07) is 14.6. The molecule has 0 unspecified atom stereocenters. The van der Waals surface area contributed by atoms with Gasteiger partial charge in [0.15, 0.2) is 6.61 Å². The zero-order chi connectivity index (χ0) is 14.4. The summed E-state index contributed by atoms with van der Waals surface area (Å²) in [6.07, 6.45) is 0. The van der Waals surface area contributed by atoms with Crippen molar-refractivity contribution in [2.24, 2.45) is 0 Å². The van der Waals surface area contributed by atoms with Crippen molar-refractivity contribution in [2.75, 3.05) is 11.9 Å². The van der Waals surface area contributed by atoms with Gasteiger partial charge in [0.2, 0.25) is 0 Å². The number of para-hydroxylation sites is 1. The number of carbonyl (C=O) groups is 1. The van der Waals surface area contributed by atoms with Gasteiger partial charge in [0.05, 0.1) is 4.92 Å². The molecule has 0 saturated heterocycles. The standard InChI is InChI=1S/C14H12N2O4/c17-14(10-20-13-7-2-1-3-8-13)15-11-5-4-6-12(9-11)16(18)19/h1-9H,10H2,(H,15,17). The number of rotatable bonds is 5. The second kappa shape index (κ2) is 6.33. The third-order valence-electron chi connectivity index (χ3n) is 2.45. The number of benzene rings is 2. The first-order valence-electron chi connectivity index (χ1n) is 5.87. The van der Waals surface area contributed by atoms with Gasteiger partial charge >= 0.3 is 0 Å². The van der Waals surface area contributed by atoms with E-state index in [9.17, 15) is 14.9 Å².